The summed E-state index contributed by atoms with van der Waals surface area (Å²) in [5.74, 6) is -0.397. The zero-order valence-corrected chi connectivity index (χ0v) is 17.7. The van der Waals surface area contributed by atoms with Gasteiger partial charge in [0.05, 0.1) is 6.20 Å². The van der Waals surface area contributed by atoms with Crippen molar-refractivity contribution in [3.8, 4) is 17.0 Å². The van der Waals surface area contributed by atoms with Gasteiger partial charge in [-0.1, -0.05) is 16.8 Å². The number of aliphatic carboxylic acids is 1. The summed E-state index contributed by atoms with van der Waals surface area (Å²) in [7, 11) is 0. The normalized spacial score (nSPS) is 21.8. The fraction of sp³-hybridized carbons (Fsp3) is 0.524. The Labute approximate surface area is 183 Å². The number of rotatable bonds is 8. The number of nitrogens with zero attached hydrogens (tertiary/aromatic N) is 4. The lowest BCUT2D eigenvalue weighted by Gasteiger charge is -2.32. The Morgan fingerprint density at radius 1 is 1.23 bits per heavy atom. The largest absolute Gasteiger partial charge is 0.484 e. The van der Waals surface area contributed by atoms with Crippen LogP contribution in [0, 0.1) is 5.41 Å². The van der Waals surface area contributed by atoms with Crippen LogP contribution in [0.3, 0.4) is 0 Å². The number of carbonyl (C=O) groups excluding carboxylic acids is 1. The predicted molar refractivity (Wildman–Crippen MR) is 110 cm³/mol. The first kappa shape index (κ1) is 21.5. The summed E-state index contributed by atoms with van der Waals surface area (Å²) in [6.07, 6.45) is 3.88. The predicted octanol–water partition coefficient (Wildman–Crippen LogP) is 3.11. The molecule has 31 heavy (non-hydrogen) atoms. The zero-order chi connectivity index (χ0) is 22.1. The highest BCUT2D eigenvalue weighted by molar-refractivity contribution is 6.25. The molecule has 1 spiro atoms. The van der Waals surface area contributed by atoms with Crippen LogP contribution in [0.15, 0.2) is 30.5 Å². The molecule has 2 fully saturated rings. The van der Waals surface area contributed by atoms with Crippen molar-refractivity contribution >= 4 is 23.5 Å². The number of carboxylic acids is 1. The number of carbonyl (C=O) groups is 2. The van der Waals surface area contributed by atoms with Crippen molar-refractivity contribution in [2.45, 2.75) is 43.8 Å². The summed E-state index contributed by atoms with van der Waals surface area (Å²) < 4.78 is 21.1. The number of carboxylic acid groups (broad SMARTS) is 1. The molecule has 0 radical (unpaired) electrons. The first-order valence-electron chi connectivity index (χ1n) is 10.3. The van der Waals surface area contributed by atoms with E-state index in [1.54, 1.807) is 27.9 Å². The fourth-order valence-electron chi connectivity index (χ4n) is 4.00. The van der Waals surface area contributed by atoms with Crippen molar-refractivity contribution in [1.29, 1.82) is 0 Å². The van der Waals surface area contributed by atoms with Crippen molar-refractivity contribution in [2.24, 2.45) is 5.41 Å². The van der Waals surface area contributed by atoms with Crippen LogP contribution < -0.4 is 4.74 Å². The molecule has 1 unspecified atom stereocenters. The van der Waals surface area contributed by atoms with Crippen LogP contribution in [0.4, 0.5) is 4.39 Å². The highest BCUT2D eigenvalue weighted by Gasteiger charge is 2.68. The van der Waals surface area contributed by atoms with Crippen LogP contribution in [0.2, 0.25) is 0 Å². The molecule has 166 valence electrons. The lowest BCUT2D eigenvalue weighted by Crippen LogP contribution is -2.42. The number of aromatic nitrogens is 3. The number of alkyl halides is 2. The van der Waals surface area contributed by atoms with Crippen LogP contribution in [-0.2, 0) is 16.1 Å². The number of ether oxygens (including phenoxy) is 1. The molecule has 2 aliphatic rings. The third-order valence-electron chi connectivity index (χ3n) is 6.11. The summed E-state index contributed by atoms with van der Waals surface area (Å²) in [4.78, 5) is 24.7. The van der Waals surface area contributed by atoms with E-state index in [1.165, 1.54) is 0 Å². The second-order valence-corrected chi connectivity index (χ2v) is 8.82. The highest BCUT2D eigenvalue weighted by atomic mass is 35.5. The molecule has 1 aromatic carbocycles. The molecule has 1 atom stereocenters. The standard InChI is InChI=1S/C21H24ClFN4O4/c22-21(23)14-20(21)7-10-26(11-8-20)18(28)13-31-16-5-3-15(4-6-16)17-12-27(25-24-17)9-1-2-19(29)30/h3-6,12H,1-2,7-11,13-14H2,(H,29,30). The van der Waals surface area contributed by atoms with Gasteiger partial charge in [0.15, 0.2) is 11.7 Å². The van der Waals surface area contributed by atoms with Crippen LogP contribution in [0.1, 0.15) is 32.1 Å². The minimum absolute atomic E-state index is 0.0756. The highest BCUT2D eigenvalue weighted by Crippen LogP contribution is 2.67. The first-order valence-corrected chi connectivity index (χ1v) is 10.7. The maximum absolute atomic E-state index is 13.9. The molecule has 4 rings (SSSR count). The molecule has 1 saturated carbocycles. The minimum atomic E-state index is -1.59. The van der Waals surface area contributed by atoms with Crippen LogP contribution in [0.25, 0.3) is 11.3 Å². The Balaban J connectivity index is 1.24. The molecule has 2 heterocycles. The summed E-state index contributed by atoms with van der Waals surface area (Å²) in [5.41, 5.74) is 1.06. The Morgan fingerprint density at radius 3 is 2.52 bits per heavy atom. The number of hydrogen-bond donors (Lipinski definition) is 1. The van der Waals surface area contributed by atoms with E-state index in [0.29, 0.717) is 56.8 Å². The SMILES string of the molecule is O=C(O)CCCn1cc(-c2ccc(OCC(=O)N3CCC4(CC3)CC4(F)Cl)cc2)nn1. The quantitative estimate of drug-likeness (QED) is 0.620. The smallest absolute Gasteiger partial charge is 0.303 e. The lowest BCUT2D eigenvalue weighted by molar-refractivity contribution is -0.137. The lowest BCUT2D eigenvalue weighted by atomic mass is 9.93. The Kier molecular flexibility index (Phi) is 5.88. The zero-order valence-electron chi connectivity index (χ0n) is 17.0. The summed E-state index contributed by atoms with van der Waals surface area (Å²) in [6.45, 7) is 1.41. The van der Waals surface area contributed by atoms with Gasteiger partial charge in [0.1, 0.15) is 11.4 Å². The maximum Gasteiger partial charge on any atom is 0.303 e. The molecule has 1 aliphatic heterocycles. The van der Waals surface area contributed by atoms with Gasteiger partial charge in [-0.25, -0.2) is 4.39 Å². The number of piperidine rings is 1. The third-order valence-corrected chi connectivity index (χ3v) is 6.65. The molecule has 1 aliphatic carbocycles. The van der Waals surface area contributed by atoms with Crippen LogP contribution in [-0.4, -0.2) is 61.7 Å². The Hall–Kier alpha value is -2.68. The number of aryl methyl sites for hydroxylation is 1. The minimum Gasteiger partial charge on any atom is -0.484 e. The maximum atomic E-state index is 13.9. The van der Waals surface area contributed by atoms with Crippen LogP contribution in [0.5, 0.6) is 5.75 Å². The van der Waals surface area contributed by atoms with E-state index in [2.05, 4.69) is 10.3 Å². The molecule has 1 saturated heterocycles. The van der Waals surface area contributed by atoms with Crippen molar-refractivity contribution in [3.63, 3.8) is 0 Å². The second-order valence-electron chi connectivity index (χ2n) is 8.22. The second kappa shape index (κ2) is 8.45. The molecular weight excluding hydrogens is 427 g/mol. The molecule has 8 nitrogen and oxygen atoms in total. The van der Waals surface area contributed by atoms with Gasteiger partial charge in [0.2, 0.25) is 0 Å². The van der Waals surface area contributed by atoms with Gasteiger partial charge in [-0.05, 0) is 43.5 Å². The first-order chi connectivity index (χ1) is 14.8. The van der Waals surface area contributed by atoms with Gasteiger partial charge in [0.25, 0.3) is 5.91 Å². The molecular formula is C21H24ClFN4O4. The number of hydrogen-bond acceptors (Lipinski definition) is 5. The van der Waals surface area contributed by atoms with Crippen molar-refractivity contribution in [1.82, 2.24) is 19.9 Å². The van der Waals surface area contributed by atoms with Crippen LogP contribution >= 0.6 is 11.6 Å². The van der Waals surface area contributed by atoms with Gasteiger partial charge >= 0.3 is 5.97 Å². The van der Waals surface area contributed by atoms with E-state index in [0.717, 1.165) is 5.56 Å². The summed E-state index contributed by atoms with van der Waals surface area (Å²) in [6, 6.07) is 7.16. The molecule has 1 N–H and O–H groups in total. The van der Waals surface area contributed by atoms with Gasteiger partial charge in [-0.3, -0.25) is 14.3 Å². The number of amides is 1. The average Bonchev–Trinajstić information content (AvgIpc) is 3.05. The topological polar surface area (TPSA) is 97.5 Å². The van der Waals surface area contributed by atoms with Gasteiger partial charge in [-0.2, -0.15) is 0 Å². The van der Waals surface area contributed by atoms with Crippen molar-refractivity contribution in [3.05, 3.63) is 30.5 Å². The number of likely N-dealkylation sites (tertiary alicyclic amines) is 1. The molecule has 1 amide bonds. The van der Waals surface area contributed by atoms with Gasteiger partial charge in [0, 0.05) is 43.5 Å². The van der Waals surface area contributed by atoms with Crippen molar-refractivity contribution < 1.29 is 23.8 Å². The third kappa shape index (κ3) is 4.81. The number of benzene rings is 1. The van der Waals surface area contributed by atoms with E-state index in [9.17, 15) is 14.0 Å². The number of halogens is 2. The summed E-state index contributed by atoms with van der Waals surface area (Å²) >= 11 is 5.81. The van der Waals surface area contributed by atoms with E-state index in [1.807, 2.05) is 12.1 Å². The summed E-state index contributed by atoms with van der Waals surface area (Å²) in [5, 5.41) is 15.2. The Morgan fingerprint density at radius 2 is 1.90 bits per heavy atom. The van der Waals surface area contributed by atoms with E-state index < -0.39 is 16.5 Å². The fourth-order valence-corrected chi connectivity index (χ4v) is 4.44. The van der Waals surface area contributed by atoms with Gasteiger partial charge in [-0.15, -0.1) is 5.10 Å². The van der Waals surface area contributed by atoms with E-state index in [-0.39, 0.29) is 18.9 Å². The van der Waals surface area contributed by atoms with Crippen molar-refractivity contribution in [2.75, 3.05) is 19.7 Å². The Bertz CT molecular complexity index is 955. The average molecular weight is 451 g/mol. The molecule has 2 aromatic rings. The van der Waals surface area contributed by atoms with E-state index in [4.69, 9.17) is 21.4 Å². The van der Waals surface area contributed by atoms with E-state index >= 15 is 0 Å². The molecule has 10 heteroatoms. The monoisotopic (exact) mass is 450 g/mol. The van der Waals surface area contributed by atoms with Gasteiger partial charge < -0.3 is 14.7 Å². The molecule has 0 bridgehead atoms. The molecule has 1 aromatic heterocycles.